The number of carbonyl (C=O) groups excluding carboxylic acids is 1. The molecule has 1 aromatic carbocycles. The number of hydrogen-bond acceptors (Lipinski definition) is 3. The molecular formula is C16H24N2O2. The van der Waals surface area contributed by atoms with Crippen LogP contribution in [0.25, 0.3) is 0 Å². The number of anilines is 1. The molecule has 1 aliphatic heterocycles. The number of aryl methyl sites for hydroxylation is 1. The molecule has 4 nitrogen and oxygen atoms in total. The Morgan fingerprint density at radius 3 is 2.80 bits per heavy atom. The molecule has 0 radical (unpaired) electrons. The minimum atomic E-state index is 0.0103. The first kappa shape index (κ1) is 14.9. The smallest absolute Gasteiger partial charge is 0.253 e. The molecule has 2 N–H and O–H groups in total. The van der Waals surface area contributed by atoms with Crippen molar-refractivity contribution in [2.24, 2.45) is 5.92 Å². The second kappa shape index (κ2) is 7.29. The summed E-state index contributed by atoms with van der Waals surface area (Å²) >= 11 is 0. The Morgan fingerprint density at radius 2 is 2.10 bits per heavy atom. The zero-order valence-electron chi connectivity index (χ0n) is 12.4. The van der Waals surface area contributed by atoms with Crippen LogP contribution in [0, 0.1) is 12.8 Å². The number of hydrogen-bond donors (Lipinski definition) is 2. The van der Waals surface area contributed by atoms with Crippen molar-refractivity contribution in [2.75, 3.05) is 31.6 Å². The minimum Gasteiger partial charge on any atom is -0.385 e. The molecule has 110 valence electrons. The summed E-state index contributed by atoms with van der Waals surface area (Å²) in [6.45, 7) is 7.21. The first-order valence-corrected chi connectivity index (χ1v) is 7.41. The number of carbonyl (C=O) groups is 1. The fourth-order valence-corrected chi connectivity index (χ4v) is 2.47. The van der Waals surface area contributed by atoms with Gasteiger partial charge in [-0.1, -0.05) is 11.6 Å². The molecule has 0 spiro atoms. The van der Waals surface area contributed by atoms with Crippen molar-refractivity contribution in [1.29, 1.82) is 0 Å². The standard InChI is InChI=1S/C16H24N2O2/c1-3-17-15-5-4-12(2)10-14(15)16(19)18-11-13-6-8-20-9-7-13/h4-5,10,13,17H,3,6-9,11H2,1-2H3,(H,18,19). The van der Waals surface area contributed by atoms with Crippen molar-refractivity contribution in [2.45, 2.75) is 26.7 Å². The predicted octanol–water partition coefficient (Wildman–Crippen LogP) is 2.58. The van der Waals surface area contributed by atoms with Gasteiger partial charge in [-0.2, -0.15) is 0 Å². The van der Waals surface area contributed by atoms with Gasteiger partial charge in [0.25, 0.3) is 5.91 Å². The molecule has 0 bridgehead atoms. The second-order valence-corrected chi connectivity index (χ2v) is 5.35. The van der Waals surface area contributed by atoms with E-state index < -0.39 is 0 Å². The summed E-state index contributed by atoms with van der Waals surface area (Å²) in [4.78, 5) is 12.4. The molecule has 1 heterocycles. The summed E-state index contributed by atoms with van der Waals surface area (Å²) in [5, 5.41) is 6.30. The average molecular weight is 276 g/mol. The Balaban J connectivity index is 1.98. The topological polar surface area (TPSA) is 50.4 Å². The summed E-state index contributed by atoms with van der Waals surface area (Å²) in [5.74, 6) is 0.552. The van der Waals surface area contributed by atoms with Crippen LogP contribution in [0.15, 0.2) is 18.2 Å². The van der Waals surface area contributed by atoms with Crippen LogP contribution in [0.1, 0.15) is 35.7 Å². The number of nitrogens with one attached hydrogen (secondary N) is 2. The summed E-state index contributed by atoms with van der Waals surface area (Å²) in [6, 6.07) is 5.94. The largest absolute Gasteiger partial charge is 0.385 e. The maximum atomic E-state index is 12.4. The van der Waals surface area contributed by atoms with Gasteiger partial charge < -0.3 is 15.4 Å². The highest BCUT2D eigenvalue weighted by Gasteiger charge is 2.16. The van der Waals surface area contributed by atoms with Gasteiger partial charge in [0.2, 0.25) is 0 Å². The molecule has 1 saturated heterocycles. The van der Waals surface area contributed by atoms with Gasteiger partial charge in [-0.15, -0.1) is 0 Å². The van der Waals surface area contributed by atoms with Gasteiger partial charge in [0.15, 0.2) is 0 Å². The van der Waals surface area contributed by atoms with Crippen LogP contribution in [0.2, 0.25) is 0 Å². The van der Waals surface area contributed by atoms with Gasteiger partial charge >= 0.3 is 0 Å². The van der Waals surface area contributed by atoms with Crippen LogP contribution >= 0.6 is 0 Å². The second-order valence-electron chi connectivity index (χ2n) is 5.35. The van der Waals surface area contributed by atoms with Gasteiger partial charge in [-0.3, -0.25) is 4.79 Å². The first-order chi connectivity index (χ1) is 9.70. The average Bonchev–Trinajstić information content (AvgIpc) is 2.48. The number of ether oxygens (including phenoxy) is 1. The lowest BCUT2D eigenvalue weighted by atomic mass is 10.00. The fraction of sp³-hybridized carbons (Fsp3) is 0.562. The molecule has 0 atom stereocenters. The van der Waals surface area contributed by atoms with Crippen LogP contribution in [0.3, 0.4) is 0 Å². The molecule has 0 aromatic heterocycles. The van der Waals surface area contributed by atoms with E-state index in [0.29, 0.717) is 5.92 Å². The van der Waals surface area contributed by atoms with Gasteiger partial charge in [0.1, 0.15) is 0 Å². The molecule has 0 aliphatic carbocycles. The summed E-state index contributed by atoms with van der Waals surface area (Å²) < 4.78 is 5.34. The Kier molecular flexibility index (Phi) is 5.41. The van der Waals surface area contributed by atoms with Gasteiger partial charge in [-0.25, -0.2) is 0 Å². The van der Waals surface area contributed by atoms with E-state index in [4.69, 9.17) is 4.74 Å². The van der Waals surface area contributed by atoms with Gasteiger partial charge in [0, 0.05) is 32.0 Å². The maximum absolute atomic E-state index is 12.4. The van der Waals surface area contributed by atoms with Crippen LogP contribution < -0.4 is 10.6 Å². The Labute approximate surface area is 120 Å². The van der Waals surface area contributed by atoms with E-state index in [1.165, 1.54) is 0 Å². The van der Waals surface area contributed by atoms with E-state index in [-0.39, 0.29) is 5.91 Å². The van der Waals surface area contributed by atoms with Crippen molar-refractivity contribution >= 4 is 11.6 Å². The van der Waals surface area contributed by atoms with Crippen molar-refractivity contribution < 1.29 is 9.53 Å². The predicted molar refractivity (Wildman–Crippen MR) is 81.2 cm³/mol. The molecular weight excluding hydrogens is 252 g/mol. The van der Waals surface area contributed by atoms with Crippen molar-refractivity contribution in [3.8, 4) is 0 Å². The molecule has 0 saturated carbocycles. The monoisotopic (exact) mass is 276 g/mol. The van der Waals surface area contributed by atoms with Crippen molar-refractivity contribution in [3.05, 3.63) is 29.3 Å². The highest BCUT2D eigenvalue weighted by Crippen LogP contribution is 2.18. The molecule has 2 rings (SSSR count). The fourth-order valence-electron chi connectivity index (χ4n) is 2.47. The van der Waals surface area contributed by atoms with Crippen LogP contribution in [0.5, 0.6) is 0 Å². The molecule has 0 unspecified atom stereocenters. The lowest BCUT2D eigenvalue weighted by Crippen LogP contribution is -2.32. The Morgan fingerprint density at radius 1 is 1.35 bits per heavy atom. The highest BCUT2D eigenvalue weighted by molar-refractivity contribution is 5.99. The zero-order chi connectivity index (χ0) is 14.4. The SMILES string of the molecule is CCNc1ccc(C)cc1C(=O)NCC1CCOCC1. The quantitative estimate of drug-likeness (QED) is 0.869. The van der Waals surface area contributed by atoms with E-state index in [1.807, 2.05) is 32.0 Å². The van der Waals surface area contributed by atoms with Crippen LogP contribution in [0.4, 0.5) is 5.69 Å². The van der Waals surface area contributed by atoms with Crippen LogP contribution in [-0.2, 0) is 4.74 Å². The van der Waals surface area contributed by atoms with Crippen molar-refractivity contribution in [3.63, 3.8) is 0 Å². The molecule has 1 fully saturated rings. The number of amides is 1. The lowest BCUT2D eigenvalue weighted by Gasteiger charge is -2.22. The third-order valence-corrected chi connectivity index (χ3v) is 3.68. The summed E-state index contributed by atoms with van der Waals surface area (Å²) in [7, 11) is 0. The Hall–Kier alpha value is -1.55. The Bertz CT molecular complexity index is 454. The van der Waals surface area contributed by atoms with E-state index in [2.05, 4.69) is 10.6 Å². The van der Waals surface area contributed by atoms with Crippen LogP contribution in [-0.4, -0.2) is 32.2 Å². The molecule has 20 heavy (non-hydrogen) atoms. The normalized spacial score (nSPS) is 15.9. The number of rotatable bonds is 5. The van der Waals surface area contributed by atoms with E-state index in [0.717, 1.165) is 56.0 Å². The van der Waals surface area contributed by atoms with Gasteiger partial charge in [0.05, 0.1) is 5.56 Å². The van der Waals surface area contributed by atoms with E-state index >= 15 is 0 Å². The molecule has 1 aromatic rings. The number of benzene rings is 1. The first-order valence-electron chi connectivity index (χ1n) is 7.41. The van der Waals surface area contributed by atoms with Gasteiger partial charge in [-0.05, 0) is 44.7 Å². The minimum absolute atomic E-state index is 0.0103. The third-order valence-electron chi connectivity index (χ3n) is 3.68. The summed E-state index contributed by atoms with van der Waals surface area (Å²) in [5.41, 5.74) is 2.74. The third kappa shape index (κ3) is 3.97. The molecule has 1 amide bonds. The molecule has 4 heteroatoms. The van der Waals surface area contributed by atoms with Crippen molar-refractivity contribution in [1.82, 2.24) is 5.32 Å². The molecule has 1 aliphatic rings. The van der Waals surface area contributed by atoms with E-state index in [9.17, 15) is 4.79 Å². The zero-order valence-corrected chi connectivity index (χ0v) is 12.4. The highest BCUT2D eigenvalue weighted by atomic mass is 16.5. The maximum Gasteiger partial charge on any atom is 0.253 e. The lowest BCUT2D eigenvalue weighted by molar-refractivity contribution is 0.0643. The summed E-state index contributed by atoms with van der Waals surface area (Å²) in [6.07, 6.45) is 2.07. The van der Waals surface area contributed by atoms with E-state index in [1.54, 1.807) is 0 Å².